The van der Waals surface area contributed by atoms with Crippen molar-refractivity contribution in [2.45, 2.75) is 88.6 Å². The first-order valence-electron chi connectivity index (χ1n) is 11.9. The summed E-state index contributed by atoms with van der Waals surface area (Å²) in [6.07, 6.45) is 17.7. The number of likely N-dealkylation sites (N-methyl/N-ethyl adjacent to an activating group) is 1. The Labute approximate surface area is 180 Å². The first-order chi connectivity index (χ1) is 14.6. The Hall–Kier alpha value is -2.11. The summed E-state index contributed by atoms with van der Waals surface area (Å²) in [6.45, 7) is 0. The van der Waals surface area contributed by atoms with Crippen LogP contribution in [0.15, 0.2) is 29.5 Å². The van der Waals surface area contributed by atoms with Gasteiger partial charge >= 0.3 is 0 Å². The van der Waals surface area contributed by atoms with Crippen LogP contribution in [0.2, 0.25) is 0 Å². The molecule has 3 N–H and O–H groups in total. The molecular formula is C24H37N5O. The number of anilines is 1. The number of aliphatic imine (C=N–C) groups is 1. The Balaban J connectivity index is 1.42. The highest BCUT2D eigenvalue weighted by Gasteiger charge is 2.48. The second-order valence-electron chi connectivity index (χ2n) is 9.73. The number of carbonyl (C=O) groups is 1. The predicted octanol–water partition coefficient (Wildman–Crippen LogP) is 4.33. The molecular weight excluding hydrogens is 374 g/mol. The molecule has 2 heterocycles. The molecule has 6 heteroatoms. The smallest absolute Gasteiger partial charge is 0.257 e. The fourth-order valence-electron chi connectivity index (χ4n) is 5.84. The summed E-state index contributed by atoms with van der Waals surface area (Å²) >= 11 is 0. The molecule has 1 aliphatic heterocycles. The number of rotatable bonds is 7. The fraction of sp³-hybridized carbons (Fsp3) is 0.708. The van der Waals surface area contributed by atoms with Gasteiger partial charge in [0, 0.05) is 25.5 Å². The number of aromatic nitrogens is 1. The lowest BCUT2D eigenvalue weighted by atomic mass is 9.74. The van der Waals surface area contributed by atoms with E-state index < -0.39 is 5.54 Å². The van der Waals surface area contributed by atoms with Crippen molar-refractivity contribution in [3.05, 3.63) is 24.5 Å². The lowest BCUT2D eigenvalue weighted by Gasteiger charge is -2.36. The van der Waals surface area contributed by atoms with Gasteiger partial charge in [0.1, 0.15) is 5.54 Å². The van der Waals surface area contributed by atoms with Crippen LogP contribution in [-0.2, 0) is 4.79 Å². The number of nitrogens with zero attached hydrogens (tertiary/aromatic N) is 3. The average Bonchev–Trinajstić information content (AvgIpc) is 2.98. The number of hydrogen-bond acceptors (Lipinski definition) is 5. The second-order valence-corrected chi connectivity index (χ2v) is 9.73. The van der Waals surface area contributed by atoms with Crippen LogP contribution in [0.1, 0.15) is 77.0 Å². The van der Waals surface area contributed by atoms with Gasteiger partial charge in [0.15, 0.2) is 5.96 Å². The predicted molar refractivity (Wildman–Crippen MR) is 121 cm³/mol. The zero-order valence-electron chi connectivity index (χ0n) is 18.4. The Bertz CT molecular complexity index is 745. The van der Waals surface area contributed by atoms with Gasteiger partial charge in [0.05, 0.1) is 5.69 Å². The molecule has 2 fully saturated rings. The van der Waals surface area contributed by atoms with E-state index in [4.69, 9.17) is 10.7 Å². The molecule has 0 spiro atoms. The van der Waals surface area contributed by atoms with Crippen molar-refractivity contribution in [1.29, 1.82) is 0 Å². The van der Waals surface area contributed by atoms with Crippen molar-refractivity contribution in [3.63, 3.8) is 0 Å². The van der Waals surface area contributed by atoms with Crippen LogP contribution in [0.25, 0.3) is 0 Å². The maximum absolute atomic E-state index is 13.3. The van der Waals surface area contributed by atoms with Gasteiger partial charge in [-0.25, -0.2) is 4.99 Å². The Morgan fingerprint density at radius 3 is 2.67 bits per heavy atom. The van der Waals surface area contributed by atoms with E-state index in [0.29, 0.717) is 17.9 Å². The minimum Gasteiger partial charge on any atom is -0.381 e. The van der Waals surface area contributed by atoms with Crippen LogP contribution < -0.4 is 11.1 Å². The topological polar surface area (TPSA) is 83.6 Å². The molecule has 1 aromatic heterocycles. The number of carbonyl (C=O) groups excluding carboxylic acids is 1. The van der Waals surface area contributed by atoms with Gasteiger partial charge in [-0.15, -0.1) is 0 Å². The Kier molecular flexibility index (Phi) is 6.59. The molecule has 0 bridgehead atoms. The van der Waals surface area contributed by atoms with Crippen molar-refractivity contribution >= 4 is 17.6 Å². The number of amides is 1. The third-order valence-electron chi connectivity index (χ3n) is 7.51. The first-order valence-corrected chi connectivity index (χ1v) is 11.9. The van der Waals surface area contributed by atoms with E-state index in [1.165, 1.54) is 51.4 Å². The highest BCUT2D eigenvalue weighted by Crippen LogP contribution is 2.40. The van der Waals surface area contributed by atoms with Gasteiger partial charge in [-0.05, 0) is 56.1 Å². The summed E-state index contributed by atoms with van der Waals surface area (Å²) in [4.78, 5) is 23.9. The van der Waals surface area contributed by atoms with E-state index in [1.807, 2.05) is 12.3 Å². The van der Waals surface area contributed by atoms with E-state index >= 15 is 0 Å². The van der Waals surface area contributed by atoms with E-state index in [1.54, 1.807) is 18.1 Å². The fourth-order valence-corrected chi connectivity index (χ4v) is 5.84. The third kappa shape index (κ3) is 4.79. The maximum atomic E-state index is 13.3. The summed E-state index contributed by atoms with van der Waals surface area (Å²) in [5, 5.41) is 3.64. The molecule has 1 unspecified atom stereocenters. The Morgan fingerprint density at radius 2 is 1.97 bits per heavy atom. The van der Waals surface area contributed by atoms with Crippen LogP contribution in [0.4, 0.5) is 5.69 Å². The van der Waals surface area contributed by atoms with Crippen LogP contribution in [0, 0.1) is 11.8 Å². The molecule has 0 saturated heterocycles. The first kappa shape index (κ1) is 21.1. The molecule has 1 aromatic rings. The van der Waals surface area contributed by atoms with Gasteiger partial charge in [0.25, 0.3) is 5.91 Å². The van der Waals surface area contributed by atoms with E-state index in [9.17, 15) is 4.79 Å². The lowest BCUT2D eigenvalue weighted by Crippen LogP contribution is -2.44. The van der Waals surface area contributed by atoms with Gasteiger partial charge in [-0.3, -0.25) is 14.7 Å². The molecule has 0 radical (unpaired) electrons. The zero-order valence-corrected chi connectivity index (χ0v) is 18.4. The van der Waals surface area contributed by atoms with E-state index in [2.05, 4.69) is 16.4 Å². The van der Waals surface area contributed by atoms with Gasteiger partial charge in [0.2, 0.25) is 0 Å². The quantitative estimate of drug-likeness (QED) is 0.699. The van der Waals surface area contributed by atoms with Crippen LogP contribution >= 0.6 is 0 Å². The molecule has 3 aliphatic rings. The molecule has 30 heavy (non-hydrogen) atoms. The van der Waals surface area contributed by atoms with Crippen molar-refractivity contribution in [3.8, 4) is 0 Å². The molecule has 2 aliphatic carbocycles. The number of nitrogens with two attached hydrogens (primary N) is 1. The van der Waals surface area contributed by atoms with Gasteiger partial charge < -0.3 is 11.1 Å². The number of nitrogens with one attached hydrogen (secondary N) is 1. The normalized spacial score (nSPS) is 30.4. The van der Waals surface area contributed by atoms with Crippen LogP contribution in [0.3, 0.4) is 0 Å². The maximum Gasteiger partial charge on any atom is 0.257 e. The summed E-state index contributed by atoms with van der Waals surface area (Å²) in [6, 6.07) is 4.47. The molecule has 6 nitrogen and oxygen atoms in total. The SMILES string of the molecule is CN1C(=O)[C@@](CCC2CCCCC2)(CC2CCC[C@H](Nc3cccnc3)C2)N=C1N. The van der Waals surface area contributed by atoms with Crippen LogP contribution in [0.5, 0.6) is 0 Å². The number of pyridine rings is 1. The summed E-state index contributed by atoms with van der Waals surface area (Å²) in [5.74, 6) is 1.74. The van der Waals surface area contributed by atoms with Crippen molar-refractivity contribution in [2.75, 3.05) is 12.4 Å². The largest absolute Gasteiger partial charge is 0.381 e. The summed E-state index contributed by atoms with van der Waals surface area (Å²) in [7, 11) is 1.77. The standard InChI is InChI=1S/C24H37N5O/c1-29-22(30)24(28-23(29)25,13-12-18-7-3-2-4-8-18)16-19-9-5-10-20(15-19)27-21-11-6-14-26-17-21/h6,11,14,17-20,27H,2-5,7-10,12-13,15-16H2,1H3,(H2,25,28)/t19?,20-,24+/m0/s1. The van der Waals surface area contributed by atoms with Crippen molar-refractivity contribution < 1.29 is 4.79 Å². The zero-order chi connectivity index (χ0) is 21.0. The third-order valence-corrected chi connectivity index (χ3v) is 7.51. The van der Waals surface area contributed by atoms with E-state index in [0.717, 1.165) is 37.3 Å². The molecule has 1 amide bonds. The average molecular weight is 412 g/mol. The number of guanidine groups is 1. The second kappa shape index (κ2) is 9.36. The van der Waals surface area contributed by atoms with Gasteiger partial charge in [-0.1, -0.05) is 44.9 Å². The lowest BCUT2D eigenvalue weighted by molar-refractivity contribution is -0.131. The monoisotopic (exact) mass is 411 g/mol. The Morgan fingerprint density at radius 1 is 1.17 bits per heavy atom. The number of hydrogen-bond donors (Lipinski definition) is 2. The van der Waals surface area contributed by atoms with Crippen molar-refractivity contribution in [2.24, 2.45) is 22.6 Å². The molecule has 4 rings (SSSR count). The minimum absolute atomic E-state index is 0.109. The minimum atomic E-state index is -0.642. The van der Waals surface area contributed by atoms with E-state index in [-0.39, 0.29) is 5.91 Å². The molecule has 0 aromatic carbocycles. The van der Waals surface area contributed by atoms with Crippen molar-refractivity contribution in [1.82, 2.24) is 9.88 Å². The summed E-state index contributed by atoms with van der Waals surface area (Å²) < 4.78 is 0. The molecule has 3 atom stereocenters. The molecule has 164 valence electrons. The highest BCUT2D eigenvalue weighted by atomic mass is 16.2. The molecule has 2 saturated carbocycles. The highest BCUT2D eigenvalue weighted by molar-refractivity contribution is 6.06. The van der Waals surface area contributed by atoms with Crippen LogP contribution in [-0.4, -0.2) is 40.4 Å². The van der Waals surface area contributed by atoms with Gasteiger partial charge in [-0.2, -0.15) is 0 Å². The summed E-state index contributed by atoms with van der Waals surface area (Å²) in [5.41, 5.74) is 6.56.